The highest BCUT2D eigenvalue weighted by Gasteiger charge is 2.31. The van der Waals surface area contributed by atoms with E-state index in [0.717, 1.165) is 30.4 Å². The molecule has 1 rings (SSSR count). The van der Waals surface area contributed by atoms with Crippen molar-refractivity contribution in [3.63, 3.8) is 0 Å². The Balaban J connectivity index is 3.54. The van der Waals surface area contributed by atoms with E-state index in [1.807, 2.05) is 12.1 Å². The zero-order valence-electron chi connectivity index (χ0n) is 26.6. The lowest BCUT2D eigenvalue weighted by Gasteiger charge is -2.42. The lowest BCUT2D eigenvalue weighted by atomic mass is 10.1. The standard InChI is InChI=1S/C26H44N16O3/c1-8-20(45)39(7)22(28)34-21(27)37-42(26(32)36-24(30)40(9-2)18(5)44)41(25(31)35-23(29)38(6)17(4)43)16(3)10-11-19-12-14-33-15-13-19/h12-16H,8-11H2,1-7H3,(H3,29,31,35)(H3,30,32,36)(H4,27,28,34,37). The van der Waals surface area contributed by atoms with Crippen molar-refractivity contribution in [2.45, 2.75) is 59.9 Å². The topological polar surface area (TPSA) is 272 Å². The normalized spacial score (nSPS) is 10.7. The summed E-state index contributed by atoms with van der Waals surface area (Å²) in [5.74, 6) is -4.41. The highest BCUT2D eigenvalue weighted by Crippen LogP contribution is 2.12. The van der Waals surface area contributed by atoms with Gasteiger partial charge in [0.25, 0.3) is 0 Å². The van der Waals surface area contributed by atoms with Gasteiger partial charge >= 0.3 is 0 Å². The molecule has 10 N–H and O–H groups in total. The van der Waals surface area contributed by atoms with Crippen molar-refractivity contribution < 1.29 is 14.4 Å². The van der Waals surface area contributed by atoms with Gasteiger partial charge in [-0.25, -0.2) is 10.4 Å². The van der Waals surface area contributed by atoms with E-state index in [9.17, 15) is 14.4 Å². The van der Waals surface area contributed by atoms with Gasteiger partial charge in [-0.2, -0.15) is 5.12 Å². The number of nitrogens with one attached hydrogen (secondary N) is 10. The summed E-state index contributed by atoms with van der Waals surface area (Å²) < 4.78 is 0. The van der Waals surface area contributed by atoms with E-state index in [1.165, 1.54) is 27.9 Å². The Bertz CT molecular complexity index is 1300. The van der Waals surface area contributed by atoms with E-state index in [2.05, 4.69) is 26.4 Å². The van der Waals surface area contributed by atoms with Crippen LogP contribution in [0.15, 0.2) is 24.5 Å². The van der Waals surface area contributed by atoms with Crippen molar-refractivity contribution in [3.8, 4) is 0 Å². The van der Waals surface area contributed by atoms with Gasteiger partial charge in [0, 0.05) is 53.3 Å². The first-order valence-corrected chi connectivity index (χ1v) is 13.9. The summed E-state index contributed by atoms with van der Waals surface area (Å²) in [6.07, 6.45) is 4.25. The smallest absolute Gasteiger partial charge is 0.237 e. The number of carbonyl (C=O) groups is 3. The van der Waals surface area contributed by atoms with Crippen LogP contribution in [0.25, 0.3) is 0 Å². The Morgan fingerprint density at radius 3 is 1.87 bits per heavy atom. The van der Waals surface area contributed by atoms with Crippen LogP contribution in [-0.4, -0.2) is 110 Å². The molecule has 0 saturated carbocycles. The summed E-state index contributed by atoms with van der Waals surface area (Å²) >= 11 is 0. The number of rotatable bonds is 6. The van der Waals surface area contributed by atoms with Crippen molar-refractivity contribution in [2.75, 3.05) is 20.6 Å². The molecule has 0 aliphatic heterocycles. The predicted octanol–water partition coefficient (Wildman–Crippen LogP) is 0.0188. The van der Waals surface area contributed by atoms with Crippen LogP contribution in [0, 0.1) is 32.5 Å². The van der Waals surface area contributed by atoms with Crippen LogP contribution < -0.4 is 21.4 Å². The van der Waals surface area contributed by atoms with E-state index in [4.69, 9.17) is 32.5 Å². The summed E-state index contributed by atoms with van der Waals surface area (Å²) in [4.78, 5) is 43.0. The van der Waals surface area contributed by atoms with Gasteiger partial charge in [-0.15, -0.1) is 0 Å². The van der Waals surface area contributed by atoms with Crippen molar-refractivity contribution in [1.82, 2.24) is 51.2 Å². The third-order valence-electron chi connectivity index (χ3n) is 6.39. The quantitative estimate of drug-likeness (QED) is 0.115. The van der Waals surface area contributed by atoms with Gasteiger partial charge in [-0.3, -0.25) is 82.5 Å². The van der Waals surface area contributed by atoms with E-state index < -0.39 is 59.5 Å². The number of carbonyl (C=O) groups excluding carboxylic acids is 3. The SMILES string of the molecule is CCC(=O)N(C)C(=N)NC(=N)NN(C(=N)NC(=N)N(CC)C(C)=O)N(C(=N)NC(=N)N(C)C(C)=O)C(C)CCc1ccncc1. The highest BCUT2D eigenvalue weighted by atomic mass is 16.2. The Hall–Kier alpha value is -5.62. The monoisotopic (exact) mass is 628 g/mol. The van der Waals surface area contributed by atoms with E-state index >= 15 is 0 Å². The van der Waals surface area contributed by atoms with Crippen LogP contribution in [0.1, 0.15) is 53.0 Å². The number of aryl methyl sites for hydroxylation is 1. The Morgan fingerprint density at radius 1 is 0.800 bits per heavy atom. The average molecular weight is 629 g/mol. The number of hydrogen-bond acceptors (Lipinski definition) is 10. The van der Waals surface area contributed by atoms with Crippen molar-refractivity contribution >= 4 is 53.5 Å². The molecular formula is C26H44N16O3. The molecule has 0 aromatic carbocycles. The summed E-state index contributed by atoms with van der Waals surface area (Å²) in [6.45, 7) is 7.58. The van der Waals surface area contributed by atoms with Crippen molar-refractivity contribution in [3.05, 3.63) is 30.1 Å². The van der Waals surface area contributed by atoms with Gasteiger partial charge in [0.05, 0.1) is 6.04 Å². The minimum Gasteiger partial charge on any atom is -0.295 e. The van der Waals surface area contributed by atoms with Crippen LogP contribution >= 0.6 is 0 Å². The summed E-state index contributed by atoms with van der Waals surface area (Å²) in [5, 5.41) is 60.4. The number of aromatic nitrogens is 1. The number of hydrogen-bond donors (Lipinski definition) is 10. The van der Waals surface area contributed by atoms with Gasteiger partial charge in [0.15, 0.2) is 0 Å². The number of guanidine groups is 6. The number of nitrogens with zero attached hydrogens (tertiary/aromatic N) is 6. The number of pyridine rings is 1. The molecule has 0 spiro atoms. The zero-order chi connectivity index (χ0) is 34.4. The van der Waals surface area contributed by atoms with Crippen LogP contribution in [0.4, 0.5) is 0 Å². The molecule has 3 amide bonds. The van der Waals surface area contributed by atoms with E-state index in [1.54, 1.807) is 33.2 Å². The molecule has 1 aromatic heterocycles. The molecule has 0 bridgehead atoms. The fourth-order valence-electron chi connectivity index (χ4n) is 3.66. The molecule has 0 aliphatic rings. The molecule has 0 saturated heterocycles. The molecule has 0 aliphatic carbocycles. The second-order valence-corrected chi connectivity index (χ2v) is 9.65. The lowest BCUT2D eigenvalue weighted by Crippen LogP contribution is -2.68. The first-order chi connectivity index (χ1) is 21.0. The molecule has 0 radical (unpaired) electrons. The van der Waals surface area contributed by atoms with Gasteiger partial charge in [0.2, 0.25) is 53.5 Å². The first kappa shape index (κ1) is 37.4. The van der Waals surface area contributed by atoms with Gasteiger partial charge in [0.1, 0.15) is 0 Å². The van der Waals surface area contributed by atoms with Crippen LogP contribution in [0.3, 0.4) is 0 Å². The Kier molecular flexibility index (Phi) is 14.5. The fourth-order valence-corrected chi connectivity index (χ4v) is 3.66. The third-order valence-corrected chi connectivity index (χ3v) is 6.39. The third kappa shape index (κ3) is 11.2. The summed E-state index contributed by atoms with van der Waals surface area (Å²) in [6, 6.07) is 2.99. The van der Waals surface area contributed by atoms with Crippen LogP contribution in [0.5, 0.6) is 0 Å². The molecule has 246 valence electrons. The average Bonchev–Trinajstić information content (AvgIpc) is 2.98. The molecule has 1 atom stereocenters. The number of amides is 3. The van der Waals surface area contributed by atoms with E-state index in [0.29, 0.717) is 12.8 Å². The van der Waals surface area contributed by atoms with Crippen LogP contribution in [-0.2, 0) is 20.8 Å². The molecule has 19 heteroatoms. The minimum atomic E-state index is -0.649. The van der Waals surface area contributed by atoms with Gasteiger partial charge in [-0.1, -0.05) is 6.92 Å². The maximum absolute atomic E-state index is 12.1. The van der Waals surface area contributed by atoms with Gasteiger partial charge in [-0.05, 0) is 44.4 Å². The summed E-state index contributed by atoms with van der Waals surface area (Å²) in [7, 11) is 2.69. The number of hydrazine groups is 2. The largest absolute Gasteiger partial charge is 0.295 e. The molecule has 45 heavy (non-hydrogen) atoms. The fraction of sp³-hybridized carbons (Fsp3) is 0.462. The van der Waals surface area contributed by atoms with Crippen LogP contribution in [0.2, 0.25) is 0 Å². The molecular weight excluding hydrogens is 584 g/mol. The Morgan fingerprint density at radius 2 is 1.36 bits per heavy atom. The Labute approximate surface area is 262 Å². The maximum atomic E-state index is 12.1. The zero-order valence-corrected chi connectivity index (χ0v) is 26.6. The van der Waals surface area contributed by atoms with Crippen molar-refractivity contribution in [1.29, 1.82) is 32.5 Å². The first-order valence-electron chi connectivity index (χ1n) is 13.9. The van der Waals surface area contributed by atoms with Crippen molar-refractivity contribution in [2.24, 2.45) is 0 Å². The predicted molar refractivity (Wildman–Crippen MR) is 169 cm³/mol. The summed E-state index contributed by atoms with van der Waals surface area (Å²) in [5.41, 5.74) is 3.49. The molecule has 1 heterocycles. The molecule has 19 nitrogen and oxygen atoms in total. The molecule has 0 fully saturated rings. The minimum absolute atomic E-state index is 0.112. The van der Waals surface area contributed by atoms with Gasteiger partial charge < -0.3 is 0 Å². The maximum Gasteiger partial charge on any atom is 0.237 e. The highest BCUT2D eigenvalue weighted by molar-refractivity contribution is 6.06. The second-order valence-electron chi connectivity index (χ2n) is 9.65. The molecule has 1 unspecified atom stereocenters. The van der Waals surface area contributed by atoms with E-state index in [-0.39, 0.29) is 13.0 Å². The second kappa shape index (κ2) is 17.5. The lowest BCUT2D eigenvalue weighted by molar-refractivity contribution is -0.126. The molecule has 1 aromatic rings.